The van der Waals surface area contributed by atoms with Crippen LogP contribution < -0.4 is 28.6 Å². The number of methoxy groups -OCH3 is 4. The van der Waals surface area contributed by atoms with E-state index in [1.54, 1.807) is 6.08 Å². The van der Waals surface area contributed by atoms with Gasteiger partial charge in [-0.3, -0.25) is 4.79 Å². The van der Waals surface area contributed by atoms with Gasteiger partial charge < -0.3 is 28.6 Å². The first kappa shape index (κ1) is 24.2. The van der Waals surface area contributed by atoms with Crippen LogP contribution in [0.5, 0.6) is 28.7 Å². The average molecular weight is 450 g/mol. The maximum atomic E-state index is 13.2. The van der Waals surface area contributed by atoms with Crippen LogP contribution in [0, 0.1) is 0 Å². The number of ketones is 1. The van der Waals surface area contributed by atoms with E-state index in [4.69, 9.17) is 35.3 Å². The van der Waals surface area contributed by atoms with Gasteiger partial charge in [-0.25, -0.2) is 0 Å². The zero-order chi connectivity index (χ0) is 23.1. The first-order valence-corrected chi connectivity index (χ1v) is 9.93. The molecule has 2 aromatic carbocycles. The van der Waals surface area contributed by atoms with E-state index in [-0.39, 0.29) is 22.1 Å². The monoisotopic (exact) mass is 449 g/mol. The molecule has 0 heterocycles. The van der Waals surface area contributed by atoms with Gasteiger partial charge in [-0.05, 0) is 36.8 Å². The van der Waals surface area contributed by atoms with Crippen LogP contribution in [0.3, 0.4) is 0 Å². The highest BCUT2D eigenvalue weighted by Gasteiger charge is 2.26. The fourth-order valence-electron chi connectivity index (χ4n) is 3.09. The molecule has 2 aromatic rings. The minimum Gasteiger partial charge on any atom is -0.493 e. The Morgan fingerprint density at radius 2 is 1.58 bits per heavy atom. The van der Waals surface area contributed by atoms with Gasteiger partial charge in [-0.15, -0.1) is 0 Å². The quantitative estimate of drug-likeness (QED) is 0.386. The number of nitrogens with zero attached hydrogens (tertiary/aromatic N) is 1. The van der Waals surface area contributed by atoms with Gasteiger partial charge in [-0.2, -0.15) is 0 Å². The van der Waals surface area contributed by atoms with Gasteiger partial charge >= 0.3 is 0 Å². The van der Waals surface area contributed by atoms with E-state index in [0.717, 1.165) is 17.0 Å². The summed E-state index contributed by atoms with van der Waals surface area (Å²) in [5, 5.41) is 0.00133. The van der Waals surface area contributed by atoms with Crippen LogP contribution in [0.1, 0.15) is 22.8 Å². The molecule has 0 aromatic heterocycles. The third-order valence-corrected chi connectivity index (χ3v) is 4.79. The van der Waals surface area contributed by atoms with Crippen LogP contribution in [0.25, 0.3) is 6.08 Å². The van der Waals surface area contributed by atoms with Crippen LogP contribution >= 0.6 is 11.6 Å². The molecule has 0 aliphatic carbocycles. The number of carbonyl (C=O) groups excluding carboxylic acids is 1. The summed E-state index contributed by atoms with van der Waals surface area (Å²) >= 11 is 6.43. The lowest BCUT2D eigenvalue weighted by Crippen LogP contribution is -2.11. The third kappa shape index (κ3) is 5.17. The molecule has 7 nitrogen and oxygen atoms in total. The number of carbonyl (C=O) groups is 1. The van der Waals surface area contributed by atoms with Crippen LogP contribution in [-0.4, -0.2) is 54.9 Å². The van der Waals surface area contributed by atoms with E-state index in [2.05, 4.69) is 0 Å². The molecule has 0 atom stereocenters. The average Bonchev–Trinajstić information content (AvgIpc) is 2.77. The van der Waals surface area contributed by atoms with E-state index < -0.39 is 5.78 Å². The molecule has 0 spiro atoms. The smallest absolute Gasteiger partial charge is 0.208 e. The van der Waals surface area contributed by atoms with Crippen molar-refractivity contribution in [1.82, 2.24) is 0 Å². The lowest BCUT2D eigenvalue weighted by atomic mass is 10.0. The van der Waals surface area contributed by atoms with E-state index >= 15 is 0 Å². The third-order valence-electron chi connectivity index (χ3n) is 4.51. The summed E-state index contributed by atoms with van der Waals surface area (Å²) in [6.07, 6.45) is 1.59. The number of hydrogen-bond donors (Lipinski definition) is 0. The Morgan fingerprint density at radius 3 is 2.10 bits per heavy atom. The van der Waals surface area contributed by atoms with Crippen molar-refractivity contribution in [2.75, 3.05) is 54.0 Å². The van der Waals surface area contributed by atoms with Crippen molar-refractivity contribution in [1.29, 1.82) is 0 Å². The van der Waals surface area contributed by atoms with Gasteiger partial charge in [0.25, 0.3) is 0 Å². The first-order valence-electron chi connectivity index (χ1n) is 9.55. The molecule has 31 heavy (non-hydrogen) atoms. The molecule has 168 valence electrons. The summed E-state index contributed by atoms with van der Waals surface area (Å²) in [6, 6.07) is 7.09. The maximum absolute atomic E-state index is 13.2. The van der Waals surface area contributed by atoms with E-state index in [9.17, 15) is 4.79 Å². The number of benzene rings is 2. The van der Waals surface area contributed by atoms with Gasteiger partial charge in [0.05, 0.1) is 51.3 Å². The van der Waals surface area contributed by atoms with Crippen molar-refractivity contribution < 1.29 is 28.5 Å². The summed E-state index contributed by atoms with van der Waals surface area (Å²) in [5.74, 6) is 1.39. The summed E-state index contributed by atoms with van der Waals surface area (Å²) in [7, 11) is 9.67. The van der Waals surface area contributed by atoms with Gasteiger partial charge in [0.1, 0.15) is 5.75 Å². The molecule has 0 bridgehead atoms. The second-order valence-electron chi connectivity index (χ2n) is 6.60. The number of rotatable bonds is 10. The first-order chi connectivity index (χ1) is 14.8. The lowest BCUT2D eigenvalue weighted by Gasteiger charge is -2.18. The molecule has 2 rings (SSSR count). The Hall–Kier alpha value is -3.06. The Balaban J connectivity index is 2.54. The van der Waals surface area contributed by atoms with Crippen molar-refractivity contribution in [3.63, 3.8) is 0 Å². The molecular formula is C23H28ClNO6. The fourth-order valence-corrected chi connectivity index (χ4v) is 3.32. The maximum Gasteiger partial charge on any atom is 0.208 e. The Bertz CT molecular complexity index is 971. The molecule has 0 aliphatic rings. The minimum absolute atomic E-state index is 0.00133. The van der Waals surface area contributed by atoms with E-state index in [0.29, 0.717) is 18.1 Å². The van der Waals surface area contributed by atoms with E-state index in [1.165, 1.54) is 34.5 Å². The largest absolute Gasteiger partial charge is 0.493 e. The fraction of sp³-hybridized carbons (Fsp3) is 0.348. The normalized spacial score (nSPS) is 11.0. The Morgan fingerprint density at radius 1 is 0.935 bits per heavy atom. The highest BCUT2D eigenvalue weighted by Crippen LogP contribution is 2.47. The predicted molar refractivity (Wildman–Crippen MR) is 123 cm³/mol. The van der Waals surface area contributed by atoms with Crippen molar-refractivity contribution in [3.05, 3.63) is 40.4 Å². The van der Waals surface area contributed by atoms with Crippen LogP contribution in [-0.2, 0) is 0 Å². The number of allylic oxidation sites excluding steroid dienone is 1. The zero-order valence-corrected chi connectivity index (χ0v) is 19.6. The zero-order valence-electron chi connectivity index (χ0n) is 18.9. The van der Waals surface area contributed by atoms with Gasteiger partial charge in [0.2, 0.25) is 17.3 Å². The topological polar surface area (TPSA) is 66.5 Å². The van der Waals surface area contributed by atoms with Crippen molar-refractivity contribution in [2.24, 2.45) is 0 Å². The van der Waals surface area contributed by atoms with E-state index in [1.807, 2.05) is 44.1 Å². The molecule has 8 heteroatoms. The Labute approximate surface area is 188 Å². The molecule has 0 saturated heterocycles. The van der Waals surface area contributed by atoms with Crippen LogP contribution in [0.2, 0.25) is 0 Å². The second-order valence-corrected chi connectivity index (χ2v) is 7.01. The highest BCUT2D eigenvalue weighted by atomic mass is 35.5. The molecule has 0 aliphatic heterocycles. The summed E-state index contributed by atoms with van der Waals surface area (Å²) < 4.78 is 27.2. The molecule has 0 fully saturated rings. The minimum atomic E-state index is -0.446. The number of anilines is 1. The van der Waals surface area contributed by atoms with Gasteiger partial charge in [0, 0.05) is 14.1 Å². The molecule has 0 N–H and O–H groups in total. The molecule has 0 radical (unpaired) electrons. The van der Waals surface area contributed by atoms with Crippen molar-refractivity contribution in [2.45, 2.75) is 6.92 Å². The van der Waals surface area contributed by atoms with Crippen LogP contribution in [0.15, 0.2) is 29.3 Å². The van der Waals surface area contributed by atoms with Crippen LogP contribution in [0.4, 0.5) is 5.69 Å². The summed E-state index contributed by atoms with van der Waals surface area (Å²) in [5.41, 5.74) is 1.81. The Kier molecular flexibility index (Phi) is 8.45. The van der Waals surface area contributed by atoms with Crippen molar-refractivity contribution >= 4 is 29.1 Å². The standard InChI is InChI=1S/C23H28ClNO6/c1-8-31-18-10-9-14(12-17(18)25(2)3)11-16(24)20(26)15-13-19(27-4)22(29-6)23(30-7)21(15)28-5/h9-13H,8H2,1-7H3. The van der Waals surface area contributed by atoms with Crippen molar-refractivity contribution in [3.8, 4) is 28.7 Å². The predicted octanol–water partition coefficient (Wildman–Crippen LogP) is 4.65. The molecular weight excluding hydrogens is 422 g/mol. The van der Waals surface area contributed by atoms with Gasteiger partial charge in [-0.1, -0.05) is 17.7 Å². The summed E-state index contributed by atoms with van der Waals surface area (Å²) in [6.45, 7) is 2.48. The van der Waals surface area contributed by atoms with Gasteiger partial charge in [0.15, 0.2) is 11.5 Å². The second kappa shape index (κ2) is 10.8. The number of halogens is 1. The number of ether oxygens (including phenoxy) is 5. The lowest BCUT2D eigenvalue weighted by molar-refractivity contribution is 0.103. The molecule has 0 saturated carbocycles. The molecule has 0 amide bonds. The number of hydrogen-bond acceptors (Lipinski definition) is 7. The SMILES string of the molecule is CCOc1ccc(C=C(Cl)C(=O)c2cc(OC)c(OC)c(OC)c2OC)cc1N(C)C. The summed E-state index contributed by atoms with van der Waals surface area (Å²) in [4.78, 5) is 15.1. The number of Topliss-reactive ketones (excluding diaryl/α,β-unsaturated/α-hetero) is 1. The highest BCUT2D eigenvalue weighted by molar-refractivity contribution is 6.47. The molecule has 0 unspecified atom stereocenters.